The lowest BCUT2D eigenvalue weighted by Crippen LogP contribution is -2.45. The Morgan fingerprint density at radius 3 is 1.59 bits per heavy atom. The molecule has 0 fully saturated rings. The normalized spacial score (nSPS) is 12.2. The fourth-order valence-corrected chi connectivity index (χ4v) is 1.85. The summed E-state index contributed by atoms with van der Waals surface area (Å²) in [6.45, 7) is 14.6. The highest BCUT2D eigenvalue weighted by atomic mass is 16.6. The summed E-state index contributed by atoms with van der Waals surface area (Å²) >= 11 is 0. The van der Waals surface area contributed by atoms with Gasteiger partial charge in [-0.1, -0.05) is 0 Å². The molecule has 0 aliphatic carbocycles. The van der Waals surface area contributed by atoms with E-state index in [4.69, 9.17) is 14.2 Å². The number of hydrogen-bond donors (Lipinski definition) is 0. The second-order valence-electron chi connectivity index (χ2n) is 9.21. The highest BCUT2D eigenvalue weighted by molar-refractivity contribution is 6.08. The van der Waals surface area contributed by atoms with E-state index in [0.29, 0.717) is 9.47 Å². The van der Waals surface area contributed by atoms with E-state index in [1.807, 2.05) is 0 Å². The molecule has 29 heavy (non-hydrogen) atoms. The Kier molecular flexibility index (Phi) is 6.84. The molecule has 0 bridgehead atoms. The zero-order valence-corrected chi connectivity index (χ0v) is 18.4. The van der Waals surface area contributed by atoms with Crippen LogP contribution in [-0.4, -0.2) is 44.6 Å². The topological polar surface area (TPSA) is 117 Å². The van der Waals surface area contributed by atoms with Crippen LogP contribution in [-0.2, 0) is 14.2 Å². The lowest BCUT2D eigenvalue weighted by Gasteiger charge is -2.28. The molecule has 0 spiro atoms. The van der Waals surface area contributed by atoms with Gasteiger partial charge >= 0.3 is 24.0 Å². The molecule has 0 aliphatic rings. The molecule has 10 nitrogen and oxygen atoms in total. The monoisotopic (exact) mass is 411 g/mol. The molecule has 0 N–H and O–H groups in total. The van der Waals surface area contributed by atoms with Crippen molar-refractivity contribution in [2.75, 3.05) is 4.90 Å². The van der Waals surface area contributed by atoms with Gasteiger partial charge in [-0.15, -0.1) is 0 Å². The Morgan fingerprint density at radius 1 is 0.828 bits per heavy atom. The molecule has 0 saturated carbocycles. The zero-order chi connectivity index (χ0) is 22.8. The first-order chi connectivity index (χ1) is 12.9. The van der Waals surface area contributed by atoms with Gasteiger partial charge in [0.25, 0.3) is 0 Å². The molecule has 0 aliphatic heterocycles. The number of ether oxygens (including phenoxy) is 3. The highest BCUT2D eigenvalue weighted by Crippen LogP contribution is 2.19. The Bertz CT molecular complexity index is 811. The van der Waals surface area contributed by atoms with Gasteiger partial charge in [0.05, 0.1) is 0 Å². The van der Waals surface area contributed by atoms with Gasteiger partial charge in [-0.25, -0.2) is 23.7 Å². The van der Waals surface area contributed by atoms with Gasteiger partial charge < -0.3 is 14.2 Å². The molecule has 2 amide bonds. The second-order valence-corrected chi connectivity index (χ2v) is 9.21. The molecule has 1 heterocycles. The maximum atomic E-state index is 12.6. The van der Waals surface area contributed by atoms with Gasteiger partial charge in [-0.3, -0.25) is 0 Å². The van der Waals surface area contributed by atoms with Crippen LogP contribution in [0.4, 0.5) is 20.2 Å². The lowest BCUT2D eigenvalue weighted by molar-refractivity contribution is 0.0428. The van der Waals surface area contributed by atoms with Crippen molar-refractivity contribution in [2.45, 2.75) is 79.1 Å². The van der Waals surface area contributed by atoms with Crippen LogP contribution in [0.1, 0.15) is 62.3 Å². The van der Waals surface area contributed by atoms with Crippen LogP contribution in [0.25, 0.3) is 0 Å². The average Bonchev–Trinajstić information content (AvgIpc) is 2.41. The minimum Gasteiger partial charge on any atom is -0.443 e. The maximum absolute atomic E-state index is 12.6. The summed E-state index contributed by atoms with van der Waals surface area (Å²) < 4.78 is 16.2. The van der Waals surface area contributed by atoms with Crippen LogP contribution in [0.2, 0.25) is 0 Å². The number of anilines is 1. The molecule has 1 aromatic rings. The smallest absolute Gasteiger partial charge is 0.425 e. The maximum Gasteiger partial charge on any atom is 0.425 e. The molecular weight excluding hydrogens is 382 g/mol. The molecule has 1 rings (SSSR count). The fourth-order valence-electron chi connectivity index (χ4n) is 1.85. The Balaban J connectivity index is 3.33. The number of aromatic nitrogens is 2. The SMILES string of the molecule is CC(C)(C)OC(=O)N(C(=O)OC(C)(C)C)c1ccn(C(=O)OC(C)(C)C)c(=O)n1. The molecule has 1 aromatic heterocycles. The first-order valence-corrected chi connectivity index (χ1v) is 8.99. The zero-order valence-electron chi connectivity index (χ0n) is 18.4. The molecule has 162 valence electrons. The van der Waals surface area contributed by atoms with E-state index in [1.54, 1.807) is 62.3 Å². The van der Waals surface area contributed by atoms with Crippen LogP contribution >= 0.6 is 0 Å². The number of carbonyl (C=O) groups is 3. The summed E-state index contributed by atoms with van der Waals surface area (Å²) in [6.07, 6.45) is -2.04. The number of carbonyl (C=O) groups excluding carboxylic acids is 3. The van der Waals surface area contributed by atoms with Crippen LogP contribution in [0.5, 0.6) is 0 Å². The van der Waals surface area contributed by atoms with Gasteiger partial charge in [-0.2, -0.15) is 9.88 Å². The number of hydrogen-bond acceptors (Lipinski definition) is 8. The van der Waals surface area contributed by atoms with Crippen molar-refractivity contribution in [1.82, 2.24) is 9.55 Å². The summed E-state index contributed by atoms with van der Waals surface area (Å²) in [4.78, 5) is 53.7. The van der Waals surface area contributed by atoms with Crippen molar-refractivity contribution in [2.24, 2.45) is 0 Å². The summed E-state index contributed by atoms with van der Waals surface area (Å²) in [6, 6.07) is 1.14. The second kappa shape index (κ2) is 8.22. The molecule has 0 aromatic carbocycles. The van der Waals surface area contributed by atoms with Crippen molar-refractivity contribution >= 4 is 24.1 Å². The van der Waals surface area contributed by atoms with E-state index in [1.165, 1.54) is 0 Å². The third kappa shape index (κ3) is 7.92. The standard InChI is InChI=1S/C19H29N3O7/c1-17(2,3)27-14(24)21-11-10-12(20-13(21)23)22(15(25)28-18(4,5)6)16(26)29-19(7,8)9/h10-11H,1-9H3. The predicted molar refractivity (Wildman–Crippen MR) is 105 cm³/mol. The molecule has 0 atom stereocenters. The number of imide groups is 1. The van der Waals surface area contributed by atoms with Crippen LogP contribution in [0, 0.1) is 0 Å². The predicted octanol–water partition coefficient (Wildman–Crippen LogP) is 3.70. The van der Waals surface area contributed by atoms with E-state index in [9.17, 15) is 19.2 Å². The van der Waals surface area contributed by atoms with E-state index in [2.05, 4.69) is 4.98 Å². The van der Waals surface area contributed by atoms with Crippen molar-refractivity contribution in [3.63, 3.8) is 0 Å². The van der Waals surface area contributed by atoms with Crippen LogP contribution < -0.4 is 10.6 Å². The summed E-state index contributed by atoms with van der Waals surface area (Å²) in [5.74, 6) is -0.349. The van der Waals surface area contributed by atoms with Crippen LogP contribution in [0.3, 0.4) is 0 Å². The number of rotatable bonds is 1. The molecule has 10 heteroatoms. The van der Waals surface area contributed by atoms with E-state index in [-0.39, 0.29) is 5.82 Å². The number of nitrogens with zero attached hydrogens (tertiary/aromatic N) is 3. The largest absolute Gasteiger partial charge is 0.443 e. The Labute approximate surface area is 169 Å². The van der Waals surface area contributed by atoms with Crippen molar-refractivity contribution in [1.29, 1.82) is 0 Å². The van der Waals surface area contributed by atoms with Gasteiger partial charge in [0.15, 0.2) is 5.82 Å². The van der Waals surface area contributed by atoms with Gasteiger partial charge in [0.1, 0.15) is 16.8 Å². The minimum atomic E-state index is -1.08. The van der Waals surface area contributed by atoms with Crippen molar-refractivity contribution in [3.05, 3.63) is 22.7 Å². The van der Waals surface area contributed by atoms with Crippen LogP contribution in [0.15, 0.2) is 17.1 Å². The first-order valence-electron chi connectivity index (χ1n) is 8.99. The Morgan fingerprint density at radius 2 is 1.24 bits per heavy atom. The van der Waals surface area contributed by atoms with Crippen molar-refractivity contribution in [3.8, 4) is 0 Å². The Hall–Kier alpha value is -2.91. The molecular formula is C19H29N3O7. The summed E-state index contributed by atoms with van der Waals surface area (Å²) in [5.41, 5.74) is -3.69. The summed E-state index contributed by atoms with van der Waals surface area (Å²) in [7, 11) is 0. The molecule has 0 saturated heterocycles. The van der Waals surface area contributed by atoms with E-state index < -0.39 is 40.8 Å². The summed E-state index contributed by atoms with van der Waals surface area (Å²) in [5, 5.41) is 0. The van der Waals surface area contributed by atoms with E-state index >= 15 is 0 Å². The lowest BCUT2D eigenvalue weighted by atomic mass is 10.2. The quantitative estimate of drug-likeness (QED) is 0.642. The van der Waals surface area contributed by atoms with Gasteiger partial charge in [-0.05, 0) is 68.4 Å². The fraction of sp³-hybridized carbons (Fsp3) is 0.632. The average molecular weight is 411 g/mol. The van der Waals surface area contributed by atoms with Gasteiger partial charge in [0, 0.05) is 6.20 Å². The first kappa shape index (κ1) is 24.1. The third-order valence-electron chi connectivity index (χ3n) is 2.76. The van der Waals surface area contributed by atoms with Crippen molar-refractivity contribution < 1.29 is 28.6 Å². The van der Waals surface area contributed by atoms with E-state index in [0.717, 1.165) is 12.3 Å². The number of amides is 2. The third-order valence-corrected chi connectivity index (χ3v) is 2.76. The molecule has 0 unspecified atom stereocenters. The van der Waals surface area contributed by atoms with Gasteiger partial charge in [0.2, 0.25) is 0 Å². The minimum absolute atomic E-state index is 0.349. The molecule has 0 radical (unpaired) electrons. The highest BCUT2D eigenvalue weighted by Gasteiger charge is 2.34.